The molecule has 0 radical (unpaired) electrons. The first-order valence-electron chi connectivity index (χ1n) is 5.02. The summed E-state index contributed by atoms with van der Waals surface area (Å²) in [7, 11) is -4.58. The van der Waals surface area contributed by atoms with Crippen LogP contribution < -0.4 is 0 Å². The fraction of sp³-hybridized carbons (Fsp3) is 1.00. The molecule has 0 saturated carbocycles. The first kappa shape index (κ1) is 11.6. The molecule has 0 N–H and O–H groups in total. The van der Waals surface area contributed by atoms with E-state index in [0.717, 1.165) is 0 Å². The summed E-state index contributed by atoms with van der Waals surface area (Å²) in [5, 5.41) is 0. The Morgan fingerprint density at radius 1 is 0.692 bits per heavy atom. The molecule has 2 nitrogen and oxygen atoms in total. The van der Waals surface area contributed by atoms with Crippen LogP contribution in [-0.2, 0) is 8.23 Å². The molecule has 0 aliphatic carbocycles. The van der Waals surface area contributed by atoms with Gasteiger partial charge in [-0.05, 0) is 51.4 Å². The Bertz CT molecular complexity index is 182. The summed E-state index contributed by atoms with van der Waals surface area (Å²) < 4.78 is 12.4. The maximum Gasteiger partial charge on any atom is 0.311 e. The summed E-state index contributed by atoms with van der Waals surface area (Å²) in [5.74, 6) is 0. The quantitative estimate of drug-likeness (QED) is 0.600. The first-order chi connectivity index (χ1) is 5.62. The standard InChI is InChI=1S/C8H22O2Si3/c1-11(2)7-8-12(3,4)10-13(5,6)9-11/h7-8H2,1-6H3. The van der Waals surface area contributed by atoms with Crippen LogP contribution in [0, 0.1) is 0 Å². The molecule has 0 unspecified atom stereocenters. The van der Waals surface area contributed by atoms with Crippen molar-refractivity contribution in [3.63, 3.8) is 0 Å². The third-order valence-corrected chi connectivity index (χ3v) is 14.1. The van der Waals surface area contributed by atoms with Crippen molar-refractivity contribution in [3.8, 4) is 0 Å². The zero-order valence-electron chi connectivity index (χ0n) is 9.73. The monoisotopic (exact) mass is 234 g/mol. The minimum Gasteiger partial charge on any atom is -0.437 e. The van der Waals surface area contributed by atoms with Crippen molar-refractivity contribution in [2.75, 3.05) is 0 Å². The summed E-state index contributed by atoms with van der Waals surface area (Å²) in [6, 6.07) is 2.56. The Morgan fingerprint density at radius 3 is 1.31 bits per heavy atom. The van der Waals surface area contributed by atoms with E-state index in [4.69, 9.17) is 8.23 Å². The Hall–Kier alpha value is 0.571. The summed E-state index contributed by atoms with van der Waals surface area (Å²) in [6.07, 6.45) is 0. The molecule has 1 heterocycles. The van der Waals surface area contributed by atoms with Gasteiger partial charge < -0.3 is 8.23 Å². The fourth-order valence-electron chi connectivity index (χ4n) is 2.06. The van der Waals surface area contributed by atoms with Crippen molar-refractivity contribution in [1.82, 2.24) is 0 Å². The van der Waals surface area contributed by atoms with Gasteiger partial charge in [-0.3, -0.25) is 0 Å². The Morgan fingerprint density at radius 2 is 1.00 bits per heavy atom. The topological polar surface area (TPSA) is 18.5 Å². The Balaban J connectivity index is 2.82. The van der Waals surface area contributed by atoms with Gasteiger partial charge in [0.1, 0.15) is 0 Å². The molecule has 0 aromatic heterocycles. The van der Waals surface area contributed by atoms with E-state index in [-0.39, 0.29) is 0 Å². The van der Waals surface area contributed by atoms with E-state index in [9.17, 15) is 0 Å². The zero-order valence-corrected chi connectivity index (χ0v) is 12.7. The van der Waals surface area contributed by atoms with Crippen molar-refractivity contribution in [2.45, 2.75) is 51.4 Å². The van der Waals surface area contributed by atoms with Gasteiger partial charge >= 0.3 is 8.56 Å². The van der Waals surface area contributed by atoms with Crippen LogP contribution in [0.25, 0.3) is 0 Å². The average Bonchev–Trinajstić information content (AvgIpc) is 1.83. The Kier molecular flexibility index (Phi) is 2.96. The van der Waals surface area contributed by atoms with Gasteiger partial charge in [0, 0.05) is 0 Å². The van der Waals surface area contributed by atoms with Crippen LogP contribution in [0.3, 0.4) is 0 Å². The second-order valence-electron chi connectivity index (χ2n) is 5.62. The van der Waals surface area contributed by atoms with E-state index in [1.807, 2.05) is 0 Å². The van der Waals surface area contributed by atoms with Crippen molar-refractivity contribution in [3.05, 3.63) is 0 Å². The molecule has 0 bridgehead atoms. The molecular weight excluding hydrogens is 212 g/mol. The molecule has 1 aliphatic rings. The maximum atomic E-state index is 6.21. The highest BCUT2D eigenvalue weighted by Crippen LogP contribution is 2.32. The third-order valence-electron chi connectivity index (χ3n) is 2.37. The van der Waals surface area contributed by atoms with Gasteiger partial charge in [-0.25, -0.2) is 0 Å². The lowest BCUT2D eigenvalue weighted by Gasteiger charge is -2.32. The molecule has 0 amide bonds. The van der Waals surface area contributed by atoms with Crippen LogP contribution in [0.1, 0.15) is 0 Å². The molecule has 5 heteroatoms. The number of hydrogen-bond acceptors (Lipinski definition) is 2. The SMILES string of the molecule is C[Si]1(C)CC[Si](C)(C)O[Si](C)(C)O1. The predicted octanol–water partition coefficient (Wildman–Crippen LogP) is 3.15. The summed E-state index contributed by atoms with van der Waals surface area (Å²) in [5.41, 5.74) is 0. The van der Waals surface area contributed by atoms with Gasteiger partial charge in [0.05, 0.1) is 0 Å². The van der Waals surface area contributed by atoms with E-state index >= 15 is 0 Å². The average molecular weight is 235 g/mol. The molecular formula is C8H22O2Si3. The van der Waals surface area contributed by atoms with Crippen LogP contribution in [-0.4, -0.2) is 25.2 Å². The molecule has 78 valence electrons. The number of hydrogen-bond donors (Lipinski definition) is 0. The van der Waals surface area contributed by atoms with Crippen molar-refractivity contribution < 1.29 is 8.23 Å². The molecule has 1 fully saturated rings. The Labute approximate surface area is 85.2 Å². The van der Waals surface area contributed by atoms with Gasteiger partial charge in [-0.1, -0.05) is 0 Å². The first-order valence-corrected chi connectivity index (χ1v) is 14.1. The third kappa shape index (κ3) is 3.67. The maximum absolute atomic E-state index is 6.21. The highest BCUT2D eigenvalue weighted by Gasteiger charge is 2.43. The van der Waals surface area contributed by atoms with Crippen molar-refractivity contribution in [1.29, 1.82) is 0 Å². The molecule has 0 aromatic rings. The normalized spacial score (nSPS) is 30.9. The van der Waals surface area contributed by atoms with Crippen molar-refractivity contribution >= 4 is 25.2 Å². The largest absolute Gasteiger partial charge is 0.437 e. The number of rotatable bonds is 0. The lowest BCUT2D eigenvalue weighted by molar-refractivity contribution is 0.402. The molecule has 1 saturated heterocycles. The molecule has 0 aromatic carbocycles. The minimum atomic E-state index is -1.79. The van der Waals surface area contributed by atoms with E-state index in [0.29, 0.717) is 0 Å². The van der Waals surface area contributed by atoms with Crippen LogP contribution in [0.4, 0.5) is 0 Å². The van der Waals surface area contributed by atoms with E-state index in [1.165, 1.54) is 12.1 Å². The predicted molar refractivity (Wildman–Crippen MR) is 64.2 cm³/mol. The van der Waals surface area contributed by atoms with Gasteiger partial charge in [-0.2, -0.15) is 0 Å². The lowest BCUT2D eigenvalue weighted by Crippen LogP contribution is -2.47. The second-order valence-corrected chi connectivity index (χ2v) is 18.1. The van der Waals surface area contributed by atoms with Gasteiger partial charge in [-0.15, -0.1) is 0 Å². The summed E-state index contributed by atoms with van der Waals surface area (Å²) in [4.78, 5) is 0. The lowest BCUT2D eigenvalue weighted by atomic mass is 10.9. The molecule has 1 aliphatic heterocycles. The highest BCUT2D eigenvalue weighted by atomic mass is 28.5. The van der Waals surface area contributed by atoms with Gasteiger partial charge in [0.25, 0.3) is 0 Å². The molecule has 1 rings (SSSR count). The molecule has 0 atom stereocenters. The fourth-order valence-corrected chi connectivity index (χ4v) is 18.9. The van der Waals surface area contributed by atoms with Crippen molar-refractivity contribution in [2.24, 2.45) is 0 Å². The highest BCUT2D eigenvalue weighted by molar-refractivity contribution is 6.90. The van der Waals surface area contributed by atoms with Crippen LogP contribution >= 0.6 is 0 Å². The smallest absolute Gasteiger partial charge is 0.311 e. The zero-order chi connectivity index (χ0) is 10.3. The van der Waals surface area contributed by atoms with Crippen LogP contribution in [0.2, 0.25) is 51.4 Å². The van der Waals surface area contributed by atoms with E-state index < -0.39 is 25.2 Å². The van der Waals surface area contributed by atoms with E-state index in [1.54, 1.807) is 0 Å². The van der Waals surface area contributed by atoms with E-state index in [2.05, 4.69) is 39.3 Å². The molecule has 13 heavy (non-hydrogen) atoms. The summed E-state index contributed by atoms with van der Waals surface area (Å²) >= 11 is 0. The van der Waals surface area contributed by atoms with Gasteiger partial charge in [0.15, 0.2) is 16.6 Å². The minimum absolute atomic E-state index is 1.28. The second kappa shape index (κ2) is 3.30. The summed E-state index contributed by atoms with van der Waals surface area (Å²) in [6.45, 7) is 13.7. The van der Waals surface area contributed by atoms with Gasteiger partial charge in [0.2, 0.25) is 0 Å². The molecule has 0 spiro atoms. The van der Waals surface area contributed by atoms with Crippen LogP contribution in [0.5, 0.6) is 0 Å². The van der Waals surface area contributed by atoms with Crippen LogP contribution in [0.15, 0.2) is 0 Å².